The van der Waals surface area contributed by atoms with E-state index < -0.39 is 0 Å². The van der Waals surface area contributed by atoms with E-state index in [0.717, 1.165) is 19.6 Å². The zero-order valence-corrected chi connectivity index (χ0v) is 7.21. The lowest BCUT2D eigenvalue weighted by Gasteiger charge is -2.17. The van der Waals surface area contributed by atoms with Gasteiger partial charge in [-0.05, 0) is 20.3 Å². The number of ether oxygens (including phenoxy) is 3. The molecule has 0 aromatic rings. The molecule has 1 fully saturated rings. The van der Waals surface area contributed by atoms with E-state index in [1.165, 1.54) is 0 Å². The summed E-state index contributed by atoms with van der Waals surface area (Å²) in [6, 6.07) is 0. The van der Waals surface area contributed by atoms with E-state index in [9.17, 15) is 0 Å². The van der Waals surface area contributed by atoms with Gasteiger partial charge in [-0.25, -0.2) is 0 Å². The van der Waals surface area contributed by atoms with Gasteiger partial charge in [0.1, 0.15) is 0 Å². The molecule has 0 saturated carbocycles. The first-order valence-electron chi connectivity index (χ1n) is 4.14. The smallest absolute Gasteiger partial charge is 0.181 e. The predicted octanol–water partition coefficient (Wildman–Crippen LogP) is 1.17. The molecule has 1 unspecified atom stereocenters. The summed E-state index contributed by atoms with van der Waals surface area (Å²) in [7, 11) is 0. The van der Waals surface area contributed by atoms with E-state index in [1.807, 2.05) is 13.8 Å². The first-order valence-corrected chi connectivity index (χ1v) is 4.14. The molecule has 1 heterocycles. The molecule has 0 aliphatic carbocycles. The molecule has 1 saturated heterocycles. The fraction of sp³-hybridized carbons (Fsp3) is 1.00. The van der Waals surface area contributed by atoms with Crippen LogP contribution in [0.5, 0.6) is 0 Å². The second-order valence-electron chi connectivity index (χ2n) is 2.91. The first kappa shape index (κ1) is 8.97. The lowest BCUT2D eigenvalue weighted by molar-refractivity contribution is -0.174. The molecule has 0 aromatic carbocycles. The molecule has 0 spiro atoms. The van der Waals surface area contributed by atoms with Crippen LogP contribution in [0.1, 0.15) is 20.3 Å². The van der Waals surface area contributed by atoms with Gasteiger partial charge >= 0.3 is 0 Å². The van der Waals surface area contributed by atoms with E-state index in [2.05, 4.69) is 0 Å². The molecule has 0 aromatic heterocycles. The minimum absolute atomic E-state index is 0.155. The highest BCUT2D eigenvalue weighted by Crippen LogP contribution is 2.05. The molecule has 0 N–H and O–H groups in total. The highest BCUT2D eigenvalue weighted by Gasteiger charge is 2.13. The highest BCUT2D eigenvalue weighted by atomic mass is 16.7. The largest absolute Gasteiger partial charge is 0.376 e. The lowest BCUT2D eigenvalue weighted by Crippen LogP contribution is -2.24. The summed E-state index contributed by atoms with van der Waals surface area (Å²) in [6.07, 6.45) is 1.03. The summed E-state index contributed by atoms with van der Waals surface area (Å²) in [4.78, 5) is 0. The van der Waals surface area contributed by atoms with Crippen LogP contribution in [0.3, 0.4) is 0 Å². The quantitative estimate of drug-likeness (QED) is 0.607. The second-order valence-corrected chi connectivity index (χ2v) is 2.91. The summed E-state index contributed by atoms with van der Waals surface area (Å²) >= 11 is 0. The van der Waals surface area contributed by atoms with E-state index in [0.29, 0.717) is 6.61 Å². The van der Waals surface area contributed by atoms with Gasteiger partial charge in [-0.15, -0.1) is 0 Å². The van der Waals surface area contributed by atoms with Crippen LogP contribution in [0, 0.1) is 0 Å². The summed E-state index contributed by atoms with van der Waals surface area (Å²) in [5, 5.41) is 0. The van der Waals surface area contributed by atoms with Gasteiger partial charge in [-0.3, -0.25) is 0 Å². The third kappa shape index (κ3) is 3.70. The van der Waals surface area contributed by atoms with Gasteiger partial charge < -0.3 is 14.2 Å². The number of hydrogen-bond acceptors (Lipinski definition) is 3. The van der Waals surface area contributed by atoms with Crippen molar-refractivity contribution in [2.24, 2.45) is 0 Å². The molecule has 1 aliphatic rings. The maximum Gasteiger partial charge on any atom is 0.181 e. The van der Waals surface area contributed by atoms with Crippen LogP contribution < -0.4 is 0 Å². The summed E-state index contributed by atoms with van der Waals surface area (Å²) in [5.41, 5.74) is 0. The maximum atomic E-state index is 5.42. The Labute approximate surface area is 67.6 Å². The standard InChI is InChI=1S/C8H16O3/c1-7(2)11-8-6-9-4-3-5-10-8/h7-8H,3-6H2,1-2H3. The zero-order valence-electron chi connectivity index (χ0n) is 7.21. The van der Waals surface area contributed by atoms with Crippen molar-refractivity contribution in [3.8, 4) is 0 Å². The molecule has 0 amide bonds. The van der Waals surface area contributed by atoms with Crippen LogP contribution >= 0.6 is 0 Å². The molecule has 0 radical (unpaired) electrons. The minimum Gasteiger partial charge on any atom is -0.376 e. The van der Waals surface area contributed by atoms with Crippen molar-refractivity contribution in [1.82, 2.24) is 0 Å². The van der Waals surface area contributed by atoms with Crippen molar-refractivity contribution in [2.45, 2.75) is 32.7 Å². The Balaban J connectivity index is 2.20. The average Bonchev–Trinajstić information content (AvgIpc) is 2.14. The Hall–Kier alpha value is -0.120. The highest BCUT2D eigenvalue weighted by molar-refractivity contribution is 4.50. The molecule has 1 rings (SSSR count). The van der Waals surface area contributed by atoms with Crippen LogP contribution in [0.15, 0.2) is 0 Å². The Morgan fingerprint density at radius 1 is 1.36 bits per heavy atom. The average molecular weight is 160 g/mol. The molecule has 1 aliphatic heterocycles. The first-order chi connectivity index (χ1) is 5.29. The number of rotatable bonds is 2. The van der Waals surface area contributed by atoms with E-state index in [4.69, 9.17) is 14.2 Å². The molecule has 11 heavy (non-hydrogen) atoms. The van der Waals surface area contributed by atoms with Crippen molar-refractivity contribution >= 4 is 0 Å². The third-order valence-corrected chi connectivity index (χ3v) is 1.41. The SMILES string of the molecule is CC(C)OC1COCCCO1. The van der Waals surface area contributed by atoms with Crippen molar-refractivity contribution in [2.75, 3.05) is 19.8 Å². The van der Waals surface area contributed by atoms with E-state index >= 15 is 0 Å². The van der Waals surface area contributed by atoms with Crippen molar-refractivity contribution in [3.05, 3.63) is 0 Å². The Morgan fingerprint density at radius 3 is 2.91 bits per heavy atom. The van der Waals surface area contributed by atoms with Crippen LogP contribution in [0.25, 0.3) is 0 Å². The molecule has 66 valence electrons. The van der Waals surface area contributed by atoms with Crippen LogP contribution in [0.4, 0.5) is 0 Å². The van der Waals surface area contributed by atoms with Gasteiger partial charge in [0, 0.05) is 6.61 Å². The summed E-state index contributed by atoms with van der Waals surface area (Å²) < 4.78 is 16.0. The second kappa shape index (κ2) is 4.70. The molecule has 3 nitrogen and oxygen atoms in total. The summed E-state index contributed by atoms with van der Waals surface area (Å²) in [5.74, 6) is 0. The van der Waals surface area contributed by atoms with Gasteiger partial charge in [-0.2, -0.15) is 0 Å². The van der Waals surface area contributed by atoms with E-state index in [1.54, 1.807) is 0 Å². The Kier molecular flexibility index (Phi) is 3.83. The van der Waals surface area contributed by atoms with Crippen molar-refractivity contribution < 1.29 is 14.2 Å². The van der Waals surface area contributed by atoms with Gasteiger partial charge in [0.25, 0.3) is 0 Å². The monoisotopic (exact) mass is 160 g/mol. The maximum absolute atomic E-state index is 5.42. The van der Waals surface area contributed by atoms with Gasteiger partial charge in [0.05, 0.1) is 19.3 Å². The van der Waals surface area contributed by atoms with Gasteiger partial charge in [-0.1, -0.05) is 0 Å². The van der Waals surface area contributed by atoms with Gasteiger partial charge in [0.15, 0.2) is 6.29 Å². The Morgan fingerprint density at radius 2 is 2.18 bits per heavy atom. The molecule has 3 heteroatoms. The van der Waals surface area contributed by atoms with Crippen molar-refractivity contribution in [3.63, 3.8) is 0 Å². The predicted molar refractivity (Wildman–Crippen MR) is 41.4 cm³/mol. The minimum atomic E-state index is -0.155. The van der Waals surface area contributed by atoms with E-state index in [-0.39, 0.29) is 12.4 Å². The fourth-order valence-electron chi connectivity index (χ4n) is 0.986. The zero-order chi connectivity index (χ0) is 8.10. The number of hydrogen-bond donors (Lipinski definition) is 0. The van der Waals surface area contributed by atoms with Crippen LogP contribution in [-0.4, -0.2) is 32.2 Å². The topological polar surface area (TPSA) is 27.7 Å². The molecule has 1 atom stereocenters. The summed E-state index contributed by atoms with van der Waals surface area (Å²) in [6.45, 7) is 6.09. The molecular weight excluding hydrogens is 144 g/mol. The Bertz CT molecular complexity index is 95.5. The van der Waals surface area contributed by atoms with Crippen molar-refractivity contribution in [1.29, 1.82) is 0 Å². The van der Waals surface area contributed by atoms with Crippen LogP contribution in [-0.2, 0) is 14.2 Å². The fourth-order valence-corrected chi connectivity index (χ4v) is 0.986. The third-order valence-electron chi connectivity index (χ3n) is 1.41. The molecular formula is C8H16O3. The van der Waals surface area contributed by atoms with Gasteiger partial charge in [0.2, 0.25) is 0 Å². The normalized spacial score (nSPS) is 27.0. The lowest BCUT2D eigenvalue weighted by atomic mass is 10.5. The molecule has 0 bridgehead atoms. The van der Waals surface area contributed by atoms with Crippen LogP contribution in [0.2, 0.25) is 0 Å².